The molecule has 3 rings (SSSR count). The highest BCUT2D eigenvalue weighted by atomic mass is 19.1. The van der Waals surface area contributed by atoms with Crippen LogP contribution in [0.15, 0.2) is 54.9 Å². The predicted molar refractivity (Wildman–Crippen MR) is 96.9 cm³/mol. The fourth-order valence-corrected chi connectivity index (χ4v) is 2.44. The maximum atomic E-state index is 13.6. The Labute approximate surface area is 146 Å². The van der Waals surface area contributed by atoms with Gasteiger partial charge in [-0.05, 0) is 42.7 Å². The van der Waals surface area contributed by atoms with Crippen LogP contribution in [-0.2, 0) is 13.0 Å². The van der Waals surface area contributed by atoms with Crippen LogP contribution in [0.5, 0.6) is 0 Å². The second kappa shape index (κ2) is 8.19. The number of nitrogens with one attached hydrogen (secondary N) is 2. The molecule has 0 aliphatic carbocycles. The van der Waals surface area contributed by atoms with Crippen LogP contribution in [0.3, 0.4) is 0 Å². The first-order chi connectivity index (χ1) is 12.2. The smallest absolute Gasteiger partial charge is 0.224 e. The van der Waals surface area contributed by atoms with Gasteiger partial charge in [0.2, 0.25) is 5.95 Å². The van der Waals surface area contributed by atoms with Crippen molar-refractivity contribution in [2.24, 2.45) is 0 Å². The molecule has 2 heterocycles. The number of pyridine rings is 1. The van der Waals surface area contributed by atoms with E-state index >= 15 is 0 Å². The molecular formula is C19H20FN5. The van der Waals surface area contributed by atoms with E-state index in [9.17, 15) is 4.39 Å². The molecule has 1 aromatic carbocycles. The Morgan fingerprint density at radius 1 is 1.00 bits per heavy atom. The number of halogens is 1. The zero-order valence-electron chi connectivity index (χ0n) is 14.0. The lowest BCUT2D eigenvalue weighted by atomic mass is 10.1. The third-order valence-corrected chi connectivity index (χ3v) is 3.71. The van der Waals surface area contributed by atoms with Crippen LogP contribution in [0.2, 0.25) is 0 Å². The number of benzene rings is 1. The monoisotopic (exact) mass is 337 g/mol. The number of aromatic nitrogens is 3. The fourth-order valence-electron chi connectivity index (χ4n) is 2.44. The summed E-state index contributed by atoms with van der Waals surface area (Å²) >= 11 is 0. The van der Waals surface area contributed by atoms with Crippen molar-refractivity contribution in [1.82, 2.24) is 15.0 Å². The van der Waals surface area contributed by atoms with Gasteiger partial charge in [-0.2, -0.15) is 4.98 Å². The molecule has 6 heteroatoms. The standard InChI is InChI=1S/C19H20FN5/c1-14-12-18(23-13-15-6-9-21-10-7-15)25-19(24-14)22-11-8-16-4-2-3-5-17(16)20/h2-7,9-10,12H,8,11,13H2,1H3,(H2,22,23,24,25). The van der Waals surface area contributed by atoms with Crippen LogP contribution in [0.4, 0.5) is 16.2 Å². The van der Waals surface area contributed by atoms with Gasteiger partial charge in [-0.3, -0.25) is 4.98 Å². The summed E-state index contributed by atoms with van der Waals surface area (Å²) < 4.78 is 13.6. The Morgan fingerprint density at radius 2 is 1.80 bits per heavy atom. The number of anilines is 2. The molecule has 0 atom stereocenters. The molecule has 2 N–H and O–H groups in total. The minimum absolute atomic E-state index is 0.186. The summed E-state index contributed by atoms with van der Waals surface area (Å²) in [5.74, 6) is 1.10. The quantitative estimate of drug-likeness (QED) is 0.690. The second-order valence-electron chi connectivity index (χ2n) is 5.70. The Kier molecular flexibility index (Phi) is 5.51. The van der Waals surface area contributed by atoms with Gasteiger partial charge in [0.05, 0.1) is 0 Å². The number of hydrogen-bond acceptors (Lipinski definition) is 5. The van der Waals surface area contributed by atoms with Gasteiger partial charge >= 0.3 is 0 Å². The molecule has 0 fully saturated rings. The first-order valence-electron chi connectivity index (χ1n) is 8.16. The number of aryl methyl sites for hydroxylation is 1. The van der Waals surface area contributed by atoms with Crippen molar-refractivity contribution in [2.75, 3.05) is 17.2 Å². The van der Waals surface area contributed by atoms with Gasteiger partial charge in [-0.25, -0.2) is 9.37 Å². The third-order valence-electron chi connectivity index (χ3n) is 3.71. The average Bonchev–Trinajstić information content (AvgIpc) is 2.62. The zero-order valence-corrected chi connectivity index (χ0v) is 14.0. The summed E-state index contributed by atoms with van der Waals surface area (Å²) in [6.07, 6.45) is 4.10. The Hall–Kier alpha value is -3.02. The average molecular weight is 337 g/mol. The highest BCUT2D eigenvalue weighted by molar-refractivity contribution is 5.42. The number of nitrogens with zero attached hydrogens (tertiary/aromatic N) is 3. The molecule has 0 saturated heterocycles. The van der Waals surface area contributed by atoms with E-state index in [4.69, 9.17) is 0 Å². The summed E-state index contributed by atoms with van der Waals surface area (Å²) in [5.41, 5.74) is 2.67. The highest BCUT2D eigenvalue weighted by Crippen LogP contribution is 2.12. The van der Waals surface area contributed by atoms with E-state index in [0.29, 0.717) is 31.0 Å². The first kappa shape index (κ1) is 16.8. The SMILES string of the molecule is Cc1cc(NCc2ccncc2)nc(NCCc2ccccc2F)n1. The van der Waals surface area contributed by atoms with Gasteiger partial charge in [0.15, 0.2) is 0 Å². The normalized spacial score (nSPS) is 10.5. The molecule has 5 nitrogen and oxygen atoms in total. The van der Waals surface area contributed by atoms with Crippen LogP contribution >= 0.6 is 0 Å². The van der Waals surface area contributed by atoms with Crippen LogP contribution in [0.1, 0.15) is 16.8 Å². The lowest BCUT2D eigenvalue weighted by Gasteiger charge is -2.10. The van der Waals surface area contributed by atoms with Gasteiger partial charge in [0, 0.05) is 37.2 Å². The summed E-state index contributed by atoms with van der Waals surface area (Å²) in [7, 11) is 0. The molecule has 0 aliphatic heterocycles. The van der Waals surface area contributed by atoms with Crippen molar-refractivity contribution in [1.29, 1.82) is 0 Å². The van der Waals surface area contributed by atoms with E-state index in [-0.39, 0.29) is 5.82 Å². The van der Waals surface area contributed by atoms with E-state index in [0.717, 1.165) is 17.1 Å². The van der Waals surface area contributed by atoms with Crippen molar-refractivity contribution in [3.8, 4) is 0 Å². The zero-order chi connectivity index (χ0) is 17.5. The Balaban J connectivity index is 1.58. The highest BCUT2D eigenvalue weighted by Gasteiger charge is 2.04. The predicted octanol–water partition coefficient (Wildman–Crippen LogP) is 3.59. The maximum Gasteiger partial charge on any atom is 0.224 e. The largest absolute Gasteiger partial charge is 0.366 e. The van der Waals surface area contributed by atoms with E-state index in [2.05, 4.69) is 25.6 Å². The molecule has 0 unspecified atom stereocenters. The molecule has 2 aromatic heterocycles. The van der Waals surface area contributed by atoms with E-state index < -0.39 is 0 Å². The maximum absolute atomic E-state index is 13.6. The van der Waals surface area contributed by atoms with Crippen LogP contribution in [-0.4, -0.2) is 21.5 Å². The van der Waals surface area contributed by atoms with Crippen molar-refractivity contribution in [2.45, 2.75) is 19.9 Å². The van der Waals surface area contributed by atoms with Crippen molar-refractivity contribution >= 4 is 11.8 Å². The third kappa shape index (κ3) is 4.97. The van der Waals surface area contributed by atoms with E-state index in [1.807, 2.05) is 31.2 Å². The topological polar surface area (TPSA) is 62.7 Å². The lowest BCUT2D eigenvalue weighted by Crippen LogP contribution is -2.11. The minimum atomic E-state index is -0.186. The molecule has 0 spiro atoms. The Morgan fingerprint density at radius 3 is 2.60 bits per heavy atom. The summed E-state index contributed by atoms with van der Waals surface area (Å²) in [6, 6.07) is 12.6. The summed E-state index contributed by atoms with van der Waals surface area (Å²) in [6.45, 7) is 3.14. The molecule has 0 saturated carbocycles. The number of hydrogen-bond donors (Lipinski definition) is 2. The summed E-state index contributed by atoms with van der Waals surface area (Å²) in [4.78, 5) is 12.8. The fraction of sp³-hybridized carbons (Fsp3) is 0.211. The van der Waals surface area contributed by atoms with Gasteiger partial charge in [0.25, 0.3) is 0 Å². The van der Waals surface area contributed by atoms with Crippen LogP contribution < -0.4 is 10.6 Å². The molecule has 0 amide bonds. The van der Waals surface area contributed by atoms with Crippen LogP contribution in [0.25, 0.3) is 0 Å². The van der Waals surface area contributed by atoms with Crippen molar-refractivity contribution < 1.29 is 4.39 Å². The molecule has 0 aliphatic rings. The first-order valence-corrected chi connectivity index (χ1v) is 8.16. The number of rotatable bonds is 7. The summed E-state index contributed by atoms with van der Waals surface area (Å²) in [5, 5.41) is 6.44. The molecule has 128 valence electrons. The molecule has 0 radical (unpaired) electrons. The lowest BCUT2D eigenvalue weighted by molar-refractivity contribution is 0.610. The minimum Gasteiger partial charge on any atom is -0.366 e. The van der Waals surface area contributed by atoms with E-state index in [1.165, 1.54) is 6.07 Å². The van der Waals surface area contributed by atoms with Gasteiger partial charge < -0.3 is 10.6 Å². The Bertz CT molecular complexity index is 823. The van der Waals surface area contributed by atoms with Gasteiger partial charge in [-0.15, -0.1) is 0 Å². The van der Waals surface area contributed by atoms with Crippen molar-refractivity contribution in [3.63, 3.8) is 0 Å². The molecule has 3 aromatic rings. The molecule has 25 heavy (non-hydrogen) atoms. The van der Waals surface area contributed by atoms with Crippen LogP contribution in [0, 0.1) is 12.7 Å². The van der Waals surface area contributed by atoms with Crippen molar-refractivity contribution in [3.05, 3.63) is 77.5 Å². The molecule has 0 bridgehead atoms. The van der Waals surface area contributed by atoms with Gasteiger partial charge in [0.1, 0.15) is 11.6 Å². The van der Waals surface area contributed by atoms with Gasteiger partial charge in [-0.1, -0.05) is 18.2 Å². The molecular weight excluding hydrogens is 317 g/mol. The van der Waals surface area contributed by atoms with E-state index in [1.54, 1.807) is 24.5 Å². The second-order valence-corrected chi connectivity index (χ2v) is 5.70.